The zero-order chi connectivity index (χ0) is 12.6. The smallest absolute Gasteiger partial charge is 0.321 e. The van der Waals surface area contributed by atoms with Crippen molar-refractivity contribution < 1.29 is 28.5 Å². The van der Waals surface area contributed by atoms with Crippen LogP contribution in [-0.4, -0.2) is 58.8 Å². The number of halogens is 2. The first kappa shape index (κ1) is 12.5. The molecule has 2 rings (SSSR count). The summed E-state index contributed by atoms with van der Waals surface area (Å²) in [5.41, 5.74) is 0. The zero-order valence-electron chi connectivity index (χ0n) is 8.97. The van der Waals surface area contributed by atoms with Crippen molar-refractivity contribution in [2.45, 2.75) is 37.3 Å². The molecule has 0 aromatic carbocycles. The van der Waals surface area contributed by atoms with E-state index in [1.54, 1.807) is 0 Å². The minimum Gasteiger partial charge on any atom is -0.394 e. The minimum atomic E-state index is -3.19. The molecular weight excluding hydrogens is 238 g/mol. The van der Waals surface area contributed by atoms with E-state index in [4.69, 9.17) is 14.9 Å². The predicted molar refractivity (Wildman–Crippen MR) is 51.2 cm³/mol. The number of aliphatic hydroxyl groups excluding tert-OH is 2. The van der Waals surface area contributed by atoms with Crippen molar-refractivity contribution in [2.24, 2.45) is 0 Å². The Bertz CT molecular complexity index is 315. The average Bonchev–Trinajstić information content (AvgIpc) is 2.54. The highest BCUT2D eigenvalue weighted by Gasteiger charge is 2.54. The molecule has 0 bridgehead atoms. The molecule has 98 valence electrons. The van der Waals surface area contributed by atoms with Gasteiger partial charge in [-0.2, -0.15) is 0 Å². The van der Waals surface area contributed by atoms with E-state index >= 15 is 0 Å². The van der Waals surface area contributed by atoms with Gasteiger partial charge in [-0.3, -0.25) is 4.90 Å². The summed E-state index contributed by atoms with van der Waals surface area (Å²) in [6.45, 7) is -0.518. The molecule has 3 atom stereocenters. The molecule has 0 saturated carbocycles. The molecule has 0 aromatic rings. The van der Waals surface area contributed by atoms with E-state index in [0.29, 0.717) is 0 Å². The van der Waals surface area contributed by atoms with Gasteiger partial charge in [0.05, 0.1) is 12.7 Å². The molecule has 0 aliphatic carbocycles. The molecule has 2 aliphatic heterocycles. The lowest BCUT2D eigenvalue weighted by atomic mass is 10.1. The summed E-state index contributed by atoms with van der Waals surface area (Å²) in [5.74, 6) is -3.19. The molecule has 3 N–H and O–H groups in total. The SMILES string of the molecule is O=C1N[C@H](O)CCN1C1OC(CO)CC1(F)F. The number of carbonyl (C=O) groups excluding carboxylic acids is 1. The van der Waals surface area contributed by atoms with Crippen molar-refractivity contribution >= 4 is 6.03 Å². The largest absolute Gasteiger partial charge is 0.394 e. The van der Waals surface area contributed by atoms with Crippen molar-refractivity contribution in [1.82, 2.24) is 10.2 Å². The number of alkyl halides is 2. The van der Waals surface area contributed by atoms with Gasteiger partial charge >= 0.3 is 6.03 Å². The molecular formula is C9H14F2N2O4. The molecule has 0 radical (unpaired) electrons. The zero-order valence-corrected chi connectivity index (χ0v) is 8.97. The maximum atomic E-state index is 13.6. The monoisotopic (exact) mass is 252 g/mol. The third-order valence-corrected chi connectivity index (χ3v) is 2.86. The summed E-state index contributed by atoms with van der Waals surface area (Å²) in [6, 6.07) is -0.785. The third-order valence-electron chi connectivity index (χ3n) is 2.86. The predicted octanol–water partition coefficient (Wildman–Crippen LogP) is -0.537. The van der Waals surface area contributed by atoms with Crippen molar-refractivity contribution in [1.29, 1.82) is 0 Å². The van der Waals surface area contributed by atoms with Crippen LogP contribution in [0.3, 0.4) is 0 Å². The van der Waals surface area contributed by atoms with E-state index in [1.807, 2.05) is 0 Å². The number of hydrogen-bond donors (Lipinski definition) is 3. The van der Waals surface area contributed by atoms with Crippen molar-refractivity contribution in [3.8, 4) is 0 Å². The van der Waals surface area contributed by atoms with Gasteiger partial charge in [-0.05, 0) is 0 Å². The lowest BCUT2D eigenvalue weighted by Gasteiger charge is -2.36. The van der Waals surface area contributed by atoms with Gasteiger partial charge < -0.3 is 20.3 Å². The Morgan fingerprint density at radius 3 is 2.82 bits per heavy atom. The Balaban J connectivity index is 2.09. The van der Waals surface area contributed by atoms with Crippen LogP contribution in [0.2, 0.25) is 0 Å². The van der Waals surface area contributed by atoms with Crippen LogP contribution in [0.1, 0.15) is 12.8 Å². The molecule has 6 nitrogen and oxygen atoms in total. The van der Waals surface area contributed by atoms with Crippen LogP contribution in [0, 0.1) is 0 Å². The van der Waals surface area contributed by atoms with E-state index < -0.39 is 43.5 Å². The fraction of sp³-hybridized carbons (Fsp3) is 0.889. The number of nitrogens with zero attached hydrogens (tertiary/aromatic N) is 1. The van der Waals surface area contributed by atoms with Gasteiger partial charge in [0.15, 0.2) is 6.23 Å². The molecule has 2 aliphatic rings. The molecule has 17 heavy (non-hydrogen) atoms. The number of aliphatic hydroxyl groups is 2. The molecule has 2 heterocycles. The highest BCUT2D eigenvalue weighted by molar-refractivity contribution is 5.75. The Kier molecular flexibility index (Phi) is 3.19. The fourth-order valence-electron chi connectivity index (χ4n) is 2.03. The lowest BCUT2D eigenvalue weighted by Crippen LogP contribution is -2.58. The number of ether oxygens (including phenoxy) is 1. The Morgan fingerprint density at radius 1 is 1.59 bits per heavy atom. The number of hydrogen-bond acceptors (Lipinski definition) is 4. The number of amides is 2. The van der Waals surface area contributed by atoms with Gasteiger partial charge in [-0.1, -0.05) is 0 Å². The van der Waals surface area contributed by atoms with Crippen LogP contribution in [0.4, 0.5) is 13.6 Å². The molecule has 0 aromatic heterocycles. The number of carbonyl (C=O) groups is 1. The standard InChI is InChI=1S/C9H14F2N2O4/c10-9(11)3-5(4-14)17-7(9)13-2-1-6(15)12-8(13)16/h5-7,14-15H,1-4H2,(H,12,16)/t5?,6-,7?/m1/s1. The van der Waals surface area contributed by atoms with Gasteiger partial charge in [-0.25, -0.2) is 13.6 Å². The first-order valence-electron chi connectivity index (χ1n) is 5.33. The Labute approximate surface area is 96.2 Å². The molecule has 2 fully saturated rings. The second kappa shape index (κ2) is 4.35. The number of nitrogens with one attached hydrogen (secondary N) is 1. The highest BCUT2D eigenvalue weighted by atomic mass is 19.3. The molecule has 2 unspecified atom stereocenters. The fourth-order valence-corrected chi connectivity index (χ4v) is 2.03. The van der Waals surface area contributed by atoms with Crippen LogP contribution in [0.5, 0.6) is 0 Å². The number of urea groups is 1. The second-order valence-electron chi connectivity index (χ2n) is 4.21. The van der Waals surface area contributed by atoms with Crippen molar-refractivity contribution in [3.05, 3.63) is 0 Å². The molecule has 2 amide bonds. The normalized spacial score (nSPS) is 37.1. The summed E-state index contributed by atoms with van der Waals surface area (Å²) in [7, 11) is 0. The van der Waals surface area contributed by atoms with E-state index in [0.717, 1.165) is 4.90 Å². The van der Waals surface area contributed by atoms with Gasteiger partial charge in [0.2, 0.25) is 0 Å². The van der Waals surface area contributed by atoms with Crippen molar-refractivity contribution in [3.63, 3.8) is 0 Å². The Morgan fingerprint density at radius 2 is 2.29 bits per heavy atom. The van der Waals surface area contributed by atoms with Crippen LogP contribution in [-0.2, 0) is 4.74 Å². The maximum absolute atomic E-state index is 13.6. The van der Waals surface area contributed by atoms with Gasteiger partial charge in [-0.15, -0.1) is 0 Å². The number of rotatable bonds is 2. The quantitative estimate of drug-likeness (QED) is 0.616. The molecule has 8 heteroatoms. The lowest BCUT2D eigenvalue weighted by molar-refractivity contribution is -0.145. The summed E-state index contributed by atoms with van der Waals surface area (Å²) < 4.78 is 32.1. The van der Waals surface area contributed by atoms with E-state index in [9.17, 15) is 13.6 Å². The molecule has 2 saturated heterocycles. The minimum absolute atomic E-state index is 0.00853. The molecule has 0 spiro atoms. The van der Waals surface area contributed by atoms with E-state index in [-0.39, 0.29) is 13.0 Å². The second-order valence-corrected chi connectivity index (χ2v) is 4.21. The first-order valence-corrected chi connectivity index (χ1v) is 5.33. The van der Waals surface area contributed by atoms with Gasteiger partial charge in [0.1, 0.15) is 6.23 Å². The summed E-state index contributed by atoms with van der Waals surface area (Å²) in [4.78, 5) is 12.3. The summed E-state index contributed by atoms with van der Waals surface area (Å²) in [5, 5.41) is 20.1. The average molecular weight is 252 g/mol. The highest BCUT2D eigenvalue weighted by Crippen LogP contribution is 2.38. The maximum Gasteiger partial charge on any atom is 0.321 e. The van der Waals surface area contributed by atoms with Crippen LogP contribution in [0.15, 0.2) is 0 Å². The summed E-state index contributed by atoms with van der Waals surface area (Å²) in [6.07, 6.45) is -4.10. The summed E-state index contributed by atoms with van der Waals surface area (Å²) >= 11 is 0. The van der Waals surface area contributed by atoms with E-state index in [2.05, 4.69) is 5.32 Å². The Hall–Kier alpha value is -0.990. The first-order chi connectivity index (χ1) is 7.94. The van der Waals surface area contributed by atoms with Crippen LogP contribution < -0.4 is 5.32 Å². The van der Waals surface area contributed by atoms with E-state index in [1.165, 1.54) is 0 Å². The van der Waals surface area contributed by atoms with Crippen molar-refractivity contribution in [2.75, 3.05) is 13.2 Å². The topological polar surface area (TPSA) is 82.0 Å². The van der Waals surface area contributed by atoms with Gasteiger partial charge in [0, 0.05) is 19.4 Å². The van der Waals surface area contributed by atoms with Crippen LogP contribution >= 0.6 is 0 Å². The third kappa shape index (κ3) is 2.33. The van der Waals surface area contributed by atoms with Crippen LogP contribution in [0.25, 0.3) is 0 Å². The van der Waals surface area contributed by atoms with Gasteiger partial charge in [0.25, 0.3) is 5.92 Å².